The van der Waals surface area contributed by atoms with Gasteiger partial charge in [0, 0.05) is 17.2 Å². The van der Waals surface area contributed by atoms with Crippen LogP contribution in [-0.2, 0) is 0 Å². The van der Waals surface area contributed by atoms with Gasteiger partial charge < -0.3 is 9.15 Å². The second kappa shape index (κ2) is 8.45. The van der Waals surface area contributed by atoms with Crippen LogP contribution in [0.25, 0.3) is 17.3 Å². The number of carbonyl (C=O) groups excluding carboxylic acids is 1. The number of hydrogen-bond donors (Lipinski definition) is 0. The molecule has 1 heterocycles. The van der Waals surface area contributed by atoms with Crippen molar-refractivity contribution < 1.29 is 18.3 Å². The van der Waals surface area contributed by atoms with E-state index < -0.39 is 17.5 Å². The van der Waals surface area contributed by atoms with Gasteiger partial charge in [-0.05, 0) is 48.5 Å². The highest BCUT2D eigenvalue weighted by atomic mass is 19.1. The molecule has 0 bridgehead atoms. The Morgan fingerprint density at radius 3 is 2.40 bits per heavy atom. The van der Waals surface area contributed by atoms with Crippen LogP contribution in [0, 0.1) is 5.82 Å². The molecule has 1 aromatic heterocycles. The van der Waals surface area contributed by atoms with Crippen molar-refractivity contribution in [1.29, 1.82) is 0 Å². The van der Waals surface area contributed by atoms with Crippen LogP contribution in [0.5, 0.6) is 11.5 Å². The van der Waals surface area contributed by atoms with Crippen molar-refractivity contribution in [3.05, 3.63) is 113 Å². The maximum atomic E-state index is 13.2. The summed E-state index contributed by atoms with van der Waals surface area (Å²) < 4.78 is 24.8. The molecule has 0 aliphatic heterocycles. The fourth-order valence-corrected chi connectivity index (χ4v) is 2.90. The van der Waals surface area contributed by atoms with E-state index in [4.69, 9.17) is 9.15 Å². The molecule has 0 unspecified atom stereocenters. The fourth-order valence-electron chi connectivity index (χ4n) is 2.90. The van der Waals surface area contributed by atoms with Gasteiger partial charge in [0.1, 0.15) is 23.6 Å². The van der Waals surface area contributed by atoms with Crippen molar-refractivity contribution in [2.24, 2.45) is 0 Å². The van der Waals surface area contributed by atoms with Gasteiger partial charge in [0.15, 0.2) is 0 Å². The first-order valence-corrected chi connectivity index (χ1v) is 9.12. The molecule has 0 aliphatic rings. The van der Waals surface area contributed by atoms with Crippen LogP contribution >= 0.6 is 0 Å². The van der Waals surface area contributed by atoms with Gasteiger partial charge in [-0.15, -0.1) is 0 Å². The zero-order valence-electron chi connectivity index (χ0n) is 15.7. The van der Waals surface area contributed by atoms with Gasteiger partial charge in [-0.3, -0.25) is 4.79 Å². The highest BCUT2D eigenvalue weighted by Gasteiger charge is 2.15. The lowest BCUT2D eigenvalue weighted by Gasteiger charge is -2.08. The van der Waals surface area contributed by atoms with E-state index in [2.05, 4.69) is 0 Å². The Morgan fingerprint density at radius 2 is 1.63 bits per heavy atom. The normalized spacial score (nSPS) is 11.0. The number of benzene rings is 3. The third-order valence-corrected chi connectivity index (χ3v) is 4.35. The van der Waals surface area contributed by atoms with Crippen molar-refractivity contribution in [1.82, 2.24) is 4.57 Å². The first-order chi connectivity index (χ1) is 14.6. The van der Waals surface area contributed by atoms with Crippen molar-refractivity contribution >= 4 is 12.0 Å². The summed E-state index contributed by atoms with van der Waals surface area (Å²) in [6.07, 6.45) is 4.00. The van der Waals surface area contributed by atoms with Crippen LogP contribution in [0.2, 0.25) is 0 Å². The summed E-state index contributed by atoms with van der Waals surface area (Å²) in [7, 11) is 0. The predicted molar refractivity (Wildman–Crippen MR) is 111 cm³/mol. The van der Waals surface area contributed by atoms with Gasteiger partial charge in [0.05, 0.1) is 5.69 Å². The Labute approximate surface area is 171 Å². The highest BCUT2D eigenvalue weighted by molar-refractivity contribution is 5.96. The number of aromatic nitrogens is 1. The average Bonchev–Trinajstić information content (AvgIpc) is 3.15. The van der Waals surface area contributed by atoms with Crippen molar-refractivity contribution in [3.63, 3.8) is 0 Å². The third-order valence-electron chi connectivity index (χ3n) is 4.35. The zero-order chi connectivity index (χ0) is 20.9. The number of oxazole rings is 1. The monoisotopic (exact) mass is 401 g/mol. The van der Waals surface area contributed by atoms with Crippen LogP contribution in [-0.4, -0.2) is 10.5 Å². The molecule has 4 aromatic rings. The Balaban J connectivity index is 1.62. The van der Waals surface area contributed by atoms with Gasteiger partial charge >= 0.3 is 5.76 Å². The first kappa shape index (κ1) is 19.1. The molecule has 0 fully saturated rings. The number of hydrogen-bond acceptors (Lipinski definition) is 4. The minimum absolute atomic E-state index is 0.239. The Kier molecular flexibility index (Phi) is 5.39. The van der Waals surface area contributed by atoms with E-state index in [1.54, 1.807) is 18.2 Å². The number of nitrogens with zero attached hydrogens (tertiary/aromatic N) is 1. The molecule has 0 atom stereocenters. The molecule has 0 spiro atoms. The average molecular weight is 401 g/mol. The molecule has 0 radical (unpaired) electrons. The van der Waals surface area contributed by atoms with Gasteiger partial charge in [-0.2, -0.15) is 0 Å². The molecule has 0 aliphatic carbocycles. The minimum atomic E-state index is -0.821. The summed E-state index contributed by atoms with van der Waals surface area (Å²) in [5, 5.41) is 0. The quantitative estimate of drug-likeness (QED) is 0.421. The van der Waals surface area contributed by atoms with Gasteiger partial charge in [-0.25, -0.2) is 13.8 Å². The van der Waals surface area contributed by atoms with E-state index in [1.807, 2.05) is 42.5 Å². The van der Waals surface area contributed by atoms with Gasteiger partial charge in [0.2, 0.25) is 0 Å². The van der Waals surface area contributed by atoms with Crippen LogP contribution in [0.15, 0.2) is 100 Å². The number of rotatable bonds is 5. The van der Waals surface area contributed by atoms with Crippen LogP contribution < -0.4 is 10.5 Å². The smallest absolute Gasteiger partial charge is 0.426 e. The fraction of sp³-hybridized carbons (Fsp3) is 0. The Morgan fingerprint density at radius 1 is 0.933 bits per heavy atom. The lowest BCUT2D eigenvalue weighted by Crippen LogP contribution is -2.21. The molecule has 3 aromatic carbocycles. The van der Waals surface area contributed by atoms with Crippen LogP contribution in [0.4, 0.5) is 4.39 Å². The lowest BCUT2D eigenvalue weighted by molar-refractivity contribution is 0.0963. The maximum Gasteiger partial charge on any atom is 0.426 e. The largest absolute Gasteiger partial charge is 0.457 e. The minimum Gasteiger partial charge on any atom is -0.457 e. The molecular formula is C24H16FNO4. The molecule has 30 heavy (non-hydrogen) atoms. The van der Waals surface area contributed by atoms with E-state index in [-0.39, 0.29) is 5.69 Å². The van der Waals surface area contributed by atoms with Crippen LogP contribution in [0.1, 0.15) is 10.4 Å². The molecule has 148 valence electrons. The van der Waals surface area contributed by atoms with Gasteiger partial charge in [-0.1, -0.05) is 36.4 Å². The lowest BCUT2D eigenvalue weighted by atomic mass is 10.1. The van der Waals surface area contributed by atoms with Crippen LogP contribution in [0.3, 0.4) is 0 Å². The maximum absolute atomic E-state index is 13.2. The summed E-state index contributed by atoms with van der Waals surface area (Å²) in [4.78, 5) is 24.8. The molecule has 5 nitrogen and oxygen atoms in total. The number of para-hydroxylation sites is 2. The zero-order valence-corrected chi connectivity index (χ0v) is 15.7. The number of ether oxygens (including phenoxy) is 1. The molecule has 6 heteroatoms. The SMILES string of the molecule is O=C(/C=C/c1ccccc1Oc1ccccc1)n1c(-c2ccc(F)cc2)coc1=O. The van der Waals surface area contributed by atoms with Crippen molar-refractivity contribution in [3.8, 4) is 22.8 Å². The third kappa shape index (κ3) is 4.12. The highest BCUT2D eigenvalue weighted by Crippen LogP contribution is 2.26. The van der Waals surface area contributed by atoms with Crippen molar-refractivity contribution in [2.75, 3.05) is 0 Å². The van der Waals surface area contributed by atoms with E-state index >= 15 is 0 Å². The molecule has 0 saturated carbocycles. The summed E-state index contributed by atoms with van der Waals surface area (Å²) in [5.41, 5.74) is 1.38. The second-order valence-electron chi connectivity index (χ2n) is 6.35. The molecule has 0 N–H and O–H groups in total. The van der Waals surface area contributed by atoms with E-state index in [0.717, 1.165) is 4.57 Å². The number of halogens is 1. The Hall–Kier alpha value is -4.19. The standard InChI is InChI=1S/C24H16FNO4/c25-19-13-10-17(11-14-19)21-16-29-24(28)26(21)23(27)15-12-18-6-4-5-9-22(18)30-20-7-2-1-3-8-20/h1-16H/b15-12+. The second-order valence-corrected chi connectivity index (χ2v) is 6.35. The van der Waals surface area contributed by atoms with E-state index in [1.165, 1.54) is 36.6 Å². The Bertz CT molecular complexity index is 1250. The molecule has 4 rings (SSSR count). The topological polar surface area (TPSA) is 61.4 Å². The van der Waals surface area contributed by atoms with E-state index in [9.17, 15) is 14.0 Å². The van der Waals surface area contributed by atoms with Crippen molar-refractivity contribution in [2.45, 2.75) is 0 Å². The summed E-state index contributed by atoms with van der Waals surface area (Å²) in [6.45, 7) is 0. The summed E-state index contributed by atoms with van der Waals surface area (Å²) in [5.74, 6) is -0.613. The molecule has 0 saturated heterocycles. The van der Waals surface area contributed by atoms with E-state index in [0.29, 0.717) is 22.6 Å². The predicted octanol–water partition coefficient (Wildman–Crippen LogP) is 5.39. The molecular weight excluding hydrogens is 385 g/mol. The van der Waals surface area contributed by atoms with Gasteiger partial charge in [0.25, 0.3) is 5.91 Å². The summed E-state index contributed by atoms with van der Waals surface area (Å²) in [6, 6.07) is 21.9. The number of carbonyl (C=O) groups is 1. The number of allylic oxidation sites excluding steroid dienone is 1. The summed E-state index contributed by atoms with van der Waals surface area (Å²) >= 11 is 0. The molecule has 0 amide bonds. The first-order valence-electron chi connectivity index (χ1n) is 9.12.